The van der Waals surface area contributed by atoms with Crippen molar-refractivity contribution in [3.05, 3.63) is 28.3 Å². The number of aromatic amines is 1. The number of ether oxygens (including phenoxy) is 1. The second kappa shape index (κ2) is 5.51. The van der Waals surface area contributed by atoms with E-state index in [2.05, 4.69) is 20.3 Å². The van der Waals surface area contributed by atoms with Crippen LogP contribution in [0.5, 0.6) is 0 Å². The summed E-state index contributed by atoms with van der Waals surface area (Å²) in [6, 6.07) is 2.82. The molecule has 8 nitrogen and oxygen atoms in total. The van der Waals surface area contributed by atoms with Gasteiger partial charge in [-0.3, -0.25) is 4.79 Å². The highest BCUT2D eigenvalue weighted by Crippen LogP contribution is 2.19. The summed E-state index contributed by atoms with van der Waals surface area (Å²) in [6.07, 6.45) is 0.0603. The standard InChI is InChI=1S/C12H17N5O3/c1-7(2)19-6-12(3,13)11-14-10(20-17-11)8-4-5-9(18)16-15-8/h4-5,7H,6,13H2,1-3H3,(H,16,18). The first-order valence-corrected chi connectivity index (χ1v) is 6.19. The van der Waals surface area contributed by atoms with Crippen LogP contribution in [0, 0.1) is 0 Å². The van der Waals surface area contributed by atoms with E-state index in [1.165, 1.54) is 12.1 Å². The van der Waals surface area contributed by atoms with Gasteiger partial charge in [-0.05, 0) is 26.8 Å². The van der Waals surface area contributed by atoms with Crippen LogP contribution in [0.2, 0.25) is 0 Å². The van der Waals surface area contributed by atoms with Crippen molar-refractivity contribution >= 4 is 0 Å². The Balaban J connectivity index is 2.19. The highest BCUT2D eigenvalue weighted by Gasteiger charge is 2.28. The minimum atomic E-state index is -0.867. The number of nitrogens with two attached hydrogens (primary N) is 1. The molecule has 0 aliphatic carbocycles. The Bertz CT molecular complexity index is 612. The molecule has 2 heterocycles. The lowest BCUT2D eigenvalue weighted by molar-refractivity contribution is 0.0410. The normalized spacial score (nSPS) is 14.4. The van der Waals surface area contributed by atoms with Crippen molar-refractivity contribution in [1.29, 1.82) is 0 Å². The molecule has 0 aliphatic heterocycles. The summed E-state index contributed by atoms with van der Waals surface area (Å²) in [5.41, 5.74) is 5.32. The van der Waals surface area contributed by atoms with Gasteiger partial charge in [0.2, 0.25) is 0 Å². The lowest BCUT2D eigenvalue weighted by Crippen LogP contribution is -2.40. The molecule has 3 N–H and O–H groups in total. The van der Waals surface area contributed by atoms with Gasteiger partial charge in [0.05, 0.1) is 12.7 Å². The lowest BCUT2D eigenvalue weighted by Gasteiger charge is -2.21. The molecule has 8 heteroatoms. The van der Waals surface area contributed by atoms with Crippen molar-refractivity contribution < 1.29 is 9.26 Å². The maximum atomic E-state index is 10.9. The van der Waals surface area contributed by atoms with Crippen LogP contribution >= 0.6 is 0 Å². The minimum Gasteiger partial charge on any atom is -0.376 e. The van der Waals surface area contributed by atoms with Crippen molar-refractivity contribution in [3.63, 3.8) is 0 Å². The van der Waals surface area contributed by atoms with E-state index >= 15 is 0 Å². The molecular weight excluding hydrogens is 262 g/mol. The van der Waals surface area contributed by atoms with Crippen molar-refractivity contribution in [2.24, 2.45) is 5.73 Å². The fourth-order valence-corrected chi connectivity index (χ4v) is 1.43. The third-order valence-corrected chi connectivity index (χ3v) is 2.55. The number of aromatic nitrogens is 4. The van der Waals surface area contributed by atoms with E-state index in [-0.39, 0.29) is 24.2 Å². The first-order chi connectivity index (χ1) is 9.38. The van der Waals surface area contributed by atoms with E-state index in [0.717, 1.165) is 0 Å². The molecule has 0 saturated carbocycles. The van der Waals surface area contributed by atoms with E-state index in [1.807, 2.05) is 13.8 Å². The molecule has 0 bridgehead atoms. The van der Waals surface area contributed by atoms with Crippen LogP contribution in [-0.2, 0) is 10.3 Å². The van der Waals surface area contributed by atoms with Crippen molar-refractivity contribution in [3.8, 4) is 11.6 Å². The molecule has 2 aromatic heterocycles. The monoisotopic (exact) mass is 279 g/mol. The van der Waals surface area contributed by atoms with Crippen molar-refractivity contribution in [2.75, 3.05) is 6.61 Å². The van der Waals surface area contributed by atoms with E-state index in [1.54, 1.807) is 6.92 Å². The van der Waals surface area contributed by atoms with Crippen LogP contribution in [0.15, 0.2) is 21.5 Å². The SMILES string of the molecule is CC(C)OCC(C)(N)c1noc(-c2ccc(=O)[nH]n2)n1. The quantitative estimate of drug-likeness (QED) is 0.813. The van der Waals surface area contributed by atoms with Gasteiger partial charge < -0.3 is 15.0 Å². The molecule has 108 valence electrons. The Labute approximate surface area is 115 Å². The first-order valence-electron chi connectivity index (χ1n) is 6.19. The molecular formula is C12H17N5O3. The third-order valence-electron chi connectivity index (χ3n) is 2.55. The topological polar surface area (TPSA) is 120 Å². The summed E-state index contributed by atoms with van der Waals surface area (Å²) in [5.74, 6) is 0.513. The largest absolute Gasteiger partial charge is 0.376 e. The van der Waals surface area contributed by atoms with Gasteiger partial charge in [-0.1, -0.05) is 5.16 Å². The summed E-state index contributed by atoms with van der Waals surface area (Å²) >= 11 is 0. The van der Waals surface area contributed by atoms with Gasteiger partial charge in [-0.25, -0.2) is 5.10 Å². The van der Waals surface area contributed by atoms with E-state index in [4.69, 9.17) is 15.0 Å². The van der Waals surface area contributed by atoms with Gasteiger partial charge in [-0.15, -0.1) is 0 Å². The Morgan fingerprint density at radius 3 is 2.85 bits per heavy atom. The molecule has 20 heavy (non-hydrogen) atoms. The molecule has 0 fully saturated rings. The number of nitrogens with zero attached hydrogens (tertiary/aromatic N) is 3. The molecule has 2 aromatic rings. The number of nitrogens with one attached hydrogen (secondary N) is 1. The summed E-state index contributed by atoms with van der Waals surface area (Å²) in [5, 5.41) is 9.95. The average molecular weight is 279 g/mol. The predicted octanol–water partition coefficient (Wildman–Crippen LogP) is 0.419. The second-order valence-electron chi connectivity index (χ2n) is 5.01. The van der Waals surface area contributed by atoms with Crippen LogP contribution in [0.4, 0.5) is 0 Å². The van der Waals surface area contributed by atoms with Crippen molar-refractivity contribution in [2.45, 2.75) is 32.4 Å². The highest BCUT2D eigenvalue weighted by molar-refractivity contribution is 5.44. The van der Waals surface area contributed by atoms with Crippen LogP contribution in [0.3, 0.4) is 0 Å². The van der Waals surface area contributed by atoms with Gasteiger partial charge in [0.15, 0.2) is 5.82 Å². The van der Waals surface area contributed by atoms with Gasteiger partial charge in [0.1, 0.15) is 11.2 Å². The predicted molar refractivity (Wildman–Crippen MR) is 70.8 cm³/mol. The molecule has 0 aromatic carbocycles. The minimum absolute atomic E-state index is 0.0603. The van der Waals surface area contributed by atoms with Gasteiger partial charge in [-0.2, -0.15) is 10.1 Å². The zero-order valence-electron chi connectivity index (χ0n) is 11.6. The summed E-state index contributed by atoms with van der Waals surface area (Å²) < 4.78 is 10.6. The second-order valence-corrected chi connectivity index (χ2v) is 5.01. The Morgan fingerprint density at radius 2 is 2.25 bits per heavy atom. The molecule has 2 rings (SSSR count). The fourth-order valence-electron chi connectivity index (χ4n) is 1.43. The third kappa shape index (κ3) is 3.28. The van der Waals surface area contributed by atoms with E-state index in [9.17, 15) is 4.79 Å². The molecule has 0 saturated heterocycles. The Morgan fingerprint density at radius 1 is 1.50 bits per heavy atom. The maximum Gasteiger partial charge on any atom is 0.278 e. The molecule has 1 atom stereocenters. The lowest BCUT2D eigenvalue weighted by atomic mass is 10.1. The van der Waals surface area contributed by atoms with Crippen LogP contribution < -0.4 is 11.3 Å². The van der Waals surface area contributed by atoms with Gasteiger partial charge >= 0.3 is 0 Å². The number of H-pyrrole nitrogens is 1. The summed E-state index contributed by atoms with van der Waals surface area (Å²) in [4.78, 5) is 15.1. The summed E-state index contributed by atoms with van der Waals surface area (Å²) in [6.45, 7) is 5.86. The Kier molecular flexibility index (Phi) is 3.96. The highest BCUT2D eigenvalue weighted by atomic mass is 16.5. The molecule has 1 unspecified atom stereocenters. The fraction of sp³-hybridized carbons (Fsp3) is 0.500. The number of hydrogen-bond acceptors (Lipinski definition) is 7. The van der Waals surface area contributed by atoms with E-state index < -0.39 is 5.54 Å². The van der Waals surface area contributed by atoms with Crippen LogP contribution in [0.25, 0.3) is 11.6 Å². The smallest absolute Gasteiger partial charge is 0.278 e. The Hall–Kier alpha value is -2.06. The molecule has 0 radical (unpaired) electrons. The van der Waals surface area contributed by atoms with Crippen molar-refractivity contribution in [1.82, 2.24) is 20.3 Å². The average Bonchev–Trinajstić information content (AvgIpc) is 2.88. The molecule has 0 amide bonds. The van der Waals surface area contributed by atoms with Crippen LogP contribution in [-0.4, -0.2) is 33.0 Å². The van der Waals surface area contributed by atoms with E-state index in [0.29, 0.717) is 11.5 Å². The first kappa shape index (κ1) is 14.4. The molecule has 0 spiro atoms. The zero-order valence-corrected chi connectivity index (χ0v) is 11.6. The van der Waals surface area contributed by atoms with Gasteiger partial charge in [0, 0.05) is 6.07 Å². The number of hydrogen-bond donors (Lipinski definition) is 2. The summed E-state index contributed by atoms with van der Waals surface area (Å²) in [7, 11) is 0. The number of rotatable bonds is 5. The van der Waals surface area contributed by atoms with Crippen LogP contribution in [0.1, 0.15) is 26.6 Å². The van der Waals surface area contributed by atoms with Gasteiger partial charge in [0.25, 0.3) is 11.4 Å². The maximum absolute atomic E-state index is 10.9. The molecule has 0 aliphatic rings. The zero-order chi connectivity index (χ0) is 14.8.